The summed E-state index contributed by atoms with van der Waals surface area (Å²) in [5.41, 5.74) is 6.07. The van der Waals surface area contributed by atoms with Gasteiger partial charge in [0.25, 0.3) is 0 Å². The van der Waals surface area contributed by atoms with E-state index in [1.165, 1.54) is 22.6 Å². The van der Waals surface area contributed by atoms with Crippen LogP contribution in [-0.4, -0.2) is 114 Å². The quantitative estimate of drug-likeness (QED) is 0.0670. The highest BCUT2D eigenvalue weighted by Gasteiger charge is 2.45. The Hall–Kier alpha value is -2.34. The van der Waals surface area contributed by atoms with Crippen LogP contribution in [0.4, 0.5) is 5.82 Å². The van der Waals surface area contributed by atoms with Gasteiger partial charge in [-0.15, -0.1) is 5.10 Å². The molecule has 0 radical (unpaired) electrons. The van der Waals surface area contributed by atoms with E-state index in [4.69, 9.17) is 19.9 Å². The minimum atomic E-state index is -1.62. The molecule has 1 aliphatic heterocycles. The van der Waals surface area contributed by atoms with Gasteiger partial charge >= 0.3 is 11.9 Å². The number of rotatable bonds is 24. The molecule has 15 nitrogen and oxygen atoms in total. The van der Waals surface area contributed by atoms with Crippen molar-refractivity contribution >= 4 is 35.4 Å². The average molecular weight is 676 g/mol. The lowest BCUT2D eigenvalue weighted by Crippen LogP contribution is -2.40. The molecular weight excluding hydrogens is 622 g/mol. The third kappa shape index (κ3) is 15.0. The second kappa shape index (κ2) is 22.3. The Bertz CT molecular complexity index is 1030. The highest BCUT2D eigenvalue weighted by atomic mass is 32.2. The largest absolute Gasteiger partial charge is 0.462 e. The number of hydrogen-bond acceptors (Lipinski definition) is 14. The van der Waals surface area contributed by atoms with Gasteiger partial charge in [-0.25, -0.2) is 4.68 Å². The average Bonchev–Trinajstić information content (AvgIpc) is 3.57. The molecule has 0 aliphatic carbocycles. The van der Waals surface area contributed by atoms with E-state index < -0.39 is 48.8 Å². The van der Waals surface area contributed by atoms with Crippen molar-refractivity contribution in [1.82, 2.24) is 15.0 Å². The molecule has 7 atom stereocenters. The lowest BCUT2D eigenvalue weighted by Gasteiger charge is -2.20. The van der Waals surface area contributed by atoms with Gasteiger partial charge in [0, 0.05) is 24.3 Å². The van der Waals surface area contributed by atoms with Gasteiger partial charge in [0.05, 0.1) is 18.8 Å². The van der Waals surface area contributed by atoms with Crippen molar-refractivity contribution in [2.24, 2.45) is 5.73 Å². The monoisotopic (exact) mass is 675 g/mol. The zero-order valence-electron chi connectivity index (χ0n) is 27.0. The number of ether oxygens (including phenoxy) is 3. The van der Waals surface area contributed by atoms with E-state index in [0.29, 0.717) is 6.42 Å². The van der Waals surface area contributed by atoms with Crippen molar-refractivity contribution in [3.8, 4) is 0 Å². The van der Waals surface area contributed by atoms with E-state index in [1.807, 2.05) is 0 Å². The molecule has 2 rings (SSSR count). The van der Waals surface area contributed by atoms with Crippen molar-refractivity contribution in [2.45, 2.75) is 140 Å². The zero-order chi connectivity index (χ0) is 33.9. The maximum absolute atomic E-state index is 12.7. The van der Waals surface area contributed by atoms with Crippen molar-refractivity contribution in [1.29, 1.82) is 0 Å². The number of nitrogens with one attached hydrogen (secondary N) is 1. The first-order valence-corrected chi connectivity index (χ1v) is 17.5. The number of nitrogens with zero attached hydrogens (tertiary/aromatic N) is 3. The standard InChI is InChI=1S/C30H53N5O10S/c1-3-5-7-9-11-13-24(37)43-17-20(44-25(38)14-12-10-8-6-4-2)18-46-19-21(31)29(41)32-23-16-35(34-33-23)15-22(36)28-26(39)27(40)30(42)45-28/h16,20-22,26-28,30,36,39-40,42H,3-15,17-19,31H2,1-2H3,(H,32,41)/t20-,21-,22+,26+,27+,28?,30?/m1/s1. The summed E-state index contributed by atoms with van der Waals surface area (Å²) in [7, 11) is 0. The second-order valence-corrected chi connectivity index (χ2v) is 12.7. The molecule has 1 aliphatic rings. The third-order valence-corrected chi connectivity index (χ3v) is 8.66. The minimum Gasteiger partial charge on any atom is -0.462 e. The lowest BCUT2D eigenvalue weighted by molar-refractivity contribution is -0.157. The predicted molar refractivity (Wildman–Crippen MR) is 170 cm³/mol. The van der Waals surface area contributed by atoms with Crippen LogP contribution in [0.15, 0.2) is 6.20 Å². The van der Waals surface area contributed by atoms with Crippen LogP contribution < -0.4 is 11.1 Å². The lowest BCUT2D eigenvalue weighted by atomic mass is 10.1. The first-order chi connectivity index (χ1) is 22.0. The number of amides is 1. The van der Waals surface area contributed by atoms with Crippen LogP contribution in [0.5, 0.6) is 0 Å². The number of aliphatic hydroxyl groups excluding tert-OH is 4. The molecule has 0 aromatic carbocycles. The fourth-order valence-electron chi connectivity index (χ4n) is 4.73. The third-order valence-electron chi connectivity index (χ3n) is 7.45. The van der Waals surface area contributed by atoms with Crippen LogP contribution in [0.2, 0.25) is 0 Å². The molecule has 0 spiro atoms. The van der Waals surface area contributed by atoms with Gasteiger partial charge in [-0.1, -0.05) is 70.4 Å². The number of esters is 2. The number of hydrogen-bond donors (Lipinski definition) is 6. The fraction of sp³-hybridized carbons (Fsp3) is 0.833. The number of thioether (sulfide) groups is 1. The summed E-state index contributed by atoms with van der Waals surface area (Å²) in [4.78, 5) is 37.4. The smallest absolute Gasteiger partial charge is 0.306 e. The number of carbonyl (C=O) groups excluding carboxylic acids is 3. The SMILES string of the molecule is CCCCCCCC(=O)OC[C@H](CSC[C@@H](N)C(=O)Nc1cn(C[C@H](O)C2OC(O)[C@@H](O)[C@@H]2O)nn1)OC(=O)CCCCCCC. The van der Waals surface area contributed by atoms with Crippen LogP contribution in [-0.2, 0) is 35.1 Å². The molecule has 1 saturated heterocycles. The van der Waals surface area contributed by atoms with E-state index in [9.17, 15) is 34.8 Å². The summed E-state index contributed by atoms with van der Waals surface area (Å²) in [6.45, 7) is 3.98. The first kappa shape index (κ1) is 39.8. The summed E-state index contributed by atoms with van der Waals surface area (Å²) < 4.78 is 17.2. The molecule has 0 bridgehead atoms. The van der Waals surface area contributed by atoms with Gasteiger partial charge in [-0.05, 0) is 12.8 Å². The molecule has 1 aromatic heterocycles. The van der Waals surface area contributed by atoms with Gasteiger partial charge in [-0.3, -0.25) is 14.4 Å². The summed E-state index contributed by atoms with van der Waals surface area (Å²) in [5, 5.41) is 49.6. The van der Waals surface area contributed by atoms with Crippen LogP contribution in [0.3, 0.4) is 0 Å². The normalized spacial score (nSPS) is 21.5. The molecular formula is C30H53N5O10S. The van der Waals surface area contributed by atoms with Crippen LogP contribution in [0.25, 0.3) is 0 Å². The molecule has 0 saturated carbocycles. The Labute approximate surface area is 274 Å². The number of unbranched alkanes of at least 4 members (excludes halogenated alkanes) is 8. The van der Waals surface area contributed by atoms with E-state index in [2.05, 4.69) is 29.5 Å². The Balaban J connectivity index is 1.80. The van der Waals surface area contributed by atoms with Crippen molar-refractivity contribution in [3.63, 3.8) is 0 Å². The molecule has 1 amide bonds. The van der Waals surface area contributed by atoms with Crippen LogP contribution in [0.1, 0.15) is 90.9 Å². The molecule has 1 fully saturated rings. The van der Waals surface area contributed by atoms with Crippen molar-refractivity contribution < 1.29 is 49.0 Å². The van der Waals surface area contributed by atoms with E-state index in [-0.39, 0.29) is 48.8 Å². The fourth-order valence-corrected chi connectivity index (χ4v) is 5.70. The Morgan fingerprint density at radius 1 is 0.978 bits per heavy atom. The zero-order valence-corrected chi connectivity index (χ0v) is 27.8. The Morgan fingerprint density at radius 3 is 2.22 bits per heavy atom. The van der Waals surface area contributed by atoms with E-state index >= 15 is 0 Å². The first-order valence-electron chi connectivity index (χ1n) is 16.3. The Kier molecular flexibility index (Phi) is 19.3. The second-order valence-electron chi connectivity index (χ2n) is 11.6. The molecule has 7 N–H and O–H groups in total. The van der Waals surface area contributed by atoms with Gasteiger partial charge in [0.1, 0.15) is 37.1 Å². The van der Waals surface area contributed by atoms with Crippen LogP contribution in [0, 0.1) is 0 Å². The topological polar surface area (TPSA) is 229 Å². The van der Waals surface area contributed by atoms with E-state index in [1.54, 1.807) is 0 Å². The molecule has 16 heteroatoms. The maximum Gasteiger partial charge on any atom is 0.306 e. The van der Waals surface area contributed by atoms with Crippen LogP contribution >= 0.6 is 11.8 Å². The van der Waals surface area contributed by atoms with Gasteiger partial charge < -0.3 is 45.7 Å². The molecule has 46 heavy (non-hydrogen) atoms. The number of nitrogens with two attached hydrogens (primary N) is 1. The van der Waals surface area contributed by atoms with Crippen molar-refractivity contribution in [3.05, 3.63) is 6.20 Å². The molecule has 2 heterocycles. The minimum absolute atomic E-state index is 0.0676. The van der Waals surface area contributed by atoms with Crippen molar-refractivity contribution in [2.75, 3.05) is 23.4 Å². The van der Waals surface area contributed by atoms with Gasteiger partial charge in [0.15, 0.2) is 12.1 Å². The number of anilines is 1. The maximum atomic E-state index is 12.7. The summed E-state index contributed by atoms with van der Waals surface area (Å²) in [5.74, 6) is -0.709. The molecule has 264 valence electrons. The summed E-state index contributed by atoms with van der Waals surface area (Å²) in [6.07, 6.45) is 4.02. The van der Waals surface area contributed by atoms with Gasteiger partial charge in [-0.2, -0.15) is 11.8 Å². The summed E-state index contributed by atoms with van der Waals surface area (Å²) in [6, 6.07) is -0.952. The molecule has 2 unspecified atom stereocenters. The van der Waals surface area contributed by atoms with E-state index in [0.717, 1.165) is 64.2 Å². The Morgan fingerprint density at radius 2 is 1.61 bits per heavy atom. The highest BCUT2D eigenvalue weighted by molar-refractivity contribution is 7.99. The number of aromatic nitrogens is 3. The summed E-state index contributed by atoms with van der Waals surface area (Å²) >= 11 is 1.29. The van der Waals surface area contributed by atoms with Gasteiger partial charge in [0.2, 0.25) is 5.91 Å². The predicted octanol–water partition coefficient (Wildman–Crippen LogP) is 1.25. The molecule has 1 aromatic rings. The number of aliphatic hydroxyl groups is 4. The number of carbonyl (C=O) groups is 3. The highest BCUT2D eigenvalue weighted by Crippen LogP contribution is 2.23.